The zero-order valence-electron chi connectivity index (χ0n) is 13.7. The molecule has 3 aromatic rings. The third kappa shape index (κ3) is 2.49. The van der Waals surface area contributed by atoms with Crippen LogP contribution in [0.5, 0.6) is 5.75 Å². The lowest BCUT2D eigenvalue weighted by Crippen LogP contribution is -2.23. The van der Waals surface area contributed by atoms with Crippen molar-refractivity contribution in [1.82, 2.24) is 9.97 Å². The highest BCUT2D eigenvalue weighted by Gasteiger charge is 2.23. The molecule has 1 aromatic carbocycles. The van der Waals surface area contributed by atoms with Crippen molar-refractivity contribution in [1.29, 1.82) is 0 Å². The molecule has 0 spiro atoms. The lowest BCUT2D eigenvalue weighted by molar-refractivity contribution is 0.198. The molecule has 1 aliphatic rings. The molecule has 0 aliphatic carbocycles. The summed E-state index contributed by atoms with van der Waals surface area (Å²) in [6, 6.07) is 7.77. The molecule has 4 rings (SSSR count). The van der Waals surface area contributed by atoms with Crippen LogP contribution in [0, 0.1) is 6.92 Å². The first-order valence-electron chi connectivity index (χ1n) is 7.99. The van der Waals surface area contributed by atoms with Gasteiger partial charge in [0.05, 0.1) is 24.5 Å². The first kappa shape index (κ1) is 15.0. The monoisotopic (exact) mass is 325 g/mol. The Balaban J connectivity index is 1.72. The van der Waals surface area contributed by atoms with Crippen LogP contribution in [0.25, 0.3) is 22.3 Å². The lowest BCUT2D eigenvalue weighted by Gasteiger charge is -2.16. The molecule has 2 aromatic heterocycles. The Bertz CT molecular complexity index is 890. The number of methoxy groups -OCH3 is 1. The summed E-state index contributed by atoms with van der Waals surface area (Å²) in [5.41, 5.74) is 2.43. The van der Waals surface area contributed by atoms with E-state index in [1.807, 2.05) is 36.1 Å². The van der Waals surface area contributed by atoms with E-state index in [2.05, 4.69) is 9.97 Å². The number of aliphatic hydroxyl groups excluding tert-OH is 1. The van der Waals surface area contributed by atoms with E-state index in [4.69, 9.17) is 9.15 Å². The number of β-amino-alcohol motifs (C(OH)–C–C–N with tert-alkyl or cyclic N) is 1. The van der Waals surface area contributed by atoms with E-state index in [-0.39, 0.29) is 6.10 Å². The Morgan fingerprint density at radius 2 is 2.25 bits per heavy atom. The van der Waals surface area contributed by atoms with Gasteiger partial charge in [-0.3, -0.25) is 0 Å². The third-order valence-corrected chi connectivity index (χ3v) is 4.41. The van der Waals surface area contributed by atoms with Crippen molar-refractivity contribution in [2.24, 2.45) is 0 Å². The van der Waals surface area contributed by atoms with Gasteiger partial charge >= 0.3 is 0 Å². The molecule has 124 valence electrons. The largest absolute Gasteiger partial charge is 0.493 e. The van der Waals surface area contributed by atoms with Crippen molar-refractivity contribution in [3.8, 4) is 17.1 Å². The van der Waals surface area contributed by atoms with E-state index in [0.717, 1.165) is 41.0 Å². The molecule has 0 saturated carbocycles. The first-order chi connectivity index (χ1) is 11.7. The van der Waals surface area contributed by atoms with Crippen molar-refractivity contribution in [2.75, 3.05) is 25.1 Å². The number of nitrogens with zero attached hydrogens (tertiary/aromatic N) is 3. The minimum absolute atomic E-state index is 0.295. The van der Waals surface area contributed by atoms with Crippen LogP contribution in [0.15, 0.2) is 34.9 Å². The molecular formula is C18H19N3O3. The molecule has 0 radical (unpaired) electrons. The lowest BCUT2D eigenvalue weighted by atomic mass is 10.1. The summed E-state index contributed by atoms with van der Waals surface area (Å²) in [6.07, 6.45) is 2.25. The van der Waals surface area contributed by atoms with Crippen molar-refractivity contribution in [2.45, 2.75) is 19.4 Å². The quantitative estimate of drug-likeness (QED) is 0.798. The maximum Gasteiger partial charge on any atom is 0.225 e. The summed E-state index contributed by atoms with van der Waals surface area (Å²) in [6.45, 7) is 3.31. The number of para-hydroxylation sites is 1. The van der Waals surface area contributed by atoms with E-state index in [9.17, 15) is 5.11 Å². The topological polar surface area (TPSA) is 71.6 Å². The molecule has 1 N–H and O–H groups in total. The zero-order valence-corrected chi connectivity index (χ0v) is 13.7. The predicted octanol–water partition coefficient (Wildman–Crippen LogP) is 2.78. The fraction of sp³-hybridized carbons (Fsp3) is 0.333. The molecule has 1 aliphatic heterocycles. The summed E-state index contributed by atoms with van der Waals surface area (Å²) in [7, 11) is 1.63. The van der Waals surface area contributed by atoms with Gasteiger partial charge in [0, 0.05) is 24.7 Å². The van der Waals surface area contributed by atoms with Gasteiger partial charge in [-0.05, 0) is 25.5 Å². The zero-order chi connectivity index (χ0) is 16.7. The molecule has 1 atom stereocenters. The molecule has 1 saturated heterocycles. The second-order valence-electron chi connectivity index (χ2n) is 6.05. The summed E-state index contributed by atoms with van der Waals surface area (Å²) in [5.74, 6) is 2.08. The number of aryl methyl sites for hydroxylation is 1. The number of hydrogen-bond donors (Lipinski definition) is 1. The highest BCUT2D eigenvalue weighted by molar-refractivity contribution is 5.87. The van der Waals surface area contributed by atoms with Gasteiger partial charge in [0.25, 0.3) is 0 Å². The van der Waals surface area contributed by atoms with Crippen LogP contribution in [-0.2, 0) is 0 Å². The Morgan fingerprint density at radius 3 is 2.96 bits per heavy atom. The molecule has 24 heavy (non-hydrogen) atoms. The second kappa shape index (κ2) is 5.79. The van der Waals surface area contributed by atoms with E-state index in [0.29, 0.717) is 18.2 Å². The van der Waals surface area contributed by atoms with Crippen LogP contribution in [0.2, 0.25) is 0 Å². The summed E-state index contributed by atoms with van der Waals surface area (Å²) >= 11 is 0. The van der Waals surface area contributed by atoms with E-state index < -0.39 is 0 Å². The summed E-state index contributed by atoms with van der Waals surface area (Å²) in [4.78, 5) is 11.1. The second-order valence-corrected chi connectivity index (χ2v) is 6.05. The van der Waals surface area contributed by atoms with Crippen LogP contribution >= 0.6 is 0 Å². The highest BCUT2D eigenvalue weighted by Crippen LogP contribution is 2.34. The number of aromatic nitrogens is 2. The Hall–Kier alpha value is -2.60. The van der Waals surface area contributed by atoms with Gasteiger partial charge in [-0.15, -0.1) is 0 Å². The Morgan fingerprint density at radius 1 is 1.38 bits per heavy atom. The van der Waals surface area contributed by atoms with Gasteiger partial charge in [0.1, 0.15) is 5.76 Å². The number of hydrogen-bond acceptors (Lipinski definition) is 6. The van der Waals surface area contributed by atoms with E-state index >= 15 is 0 Å². The highest BCUT2D eigenvalue weighted by atomic mass is 16.5. The van der Waals surface area contributed by atoms with Crippen molar-refractivity contribution in [3.05, 3.63) is 36.2 Å². The summed E-state index contributed by atoms with van der Waals surface area (Å²) in [5, 5.41) is 10.7. The molecule has 1 fully saturated rings. The van der Waals surface area contributed by atoms with Gasteiger partial charge in [-0.25, -0.2) is 9.97 Å². The maximum atomic E-state index is 9.67. The molecule has 3 heterocycles. The van der Waals surface area contributed by atoms with Gasteiger partial charge in [-0.1, -0.05) is 12.1 Å². The maximum absolute atomic E-state index is 9.67. The average molecular weight is 325 g/mol. The fourth-order valence-corrected chi connectivity index (χ4v) is 3.10. The smallest absolute Gasteiger partial charge is 0.225 e. The van der Waals surface area contributed by atoms with Crippen LogP contribution in [0.1, 0.15) is 12.1 Å². The van der Waals surface area contributed by atoms with E-state index in [1.165, 1.54) is 0 Å². The minimum atomic E-state index is -0.295. The van der Waals surface area contributed by atoms with Gasteiger partial charge in [0.2, 0.25) is 5.95 Å². The van der Waals surface area contributed by atoms with Crippen molar-refractivity contribution in [3.63, 3.8) is 0 Å². The molecule has 0 amide bonds. The van der Waals surface area contributed by atoms with Gasteiger partial charge in [-0.2, -0.15) is 0 Å². The van der Waals surface area contributed by atoms with Crippen LogP contribution in [-0.4, -0.2) is 41.4 Å². The fourth-order valence-electron chi connectivity index (χ4n) is 3.10. The average Bonchev–Trinajstić information content (AvgIpc) is 3.20. The first-order valence-corrected chi connectivity index (χ1v) is 7.99. The predicted molar refractivity (Wildman–Crippen MR) is 91.4 cm³/mol. The number of aliphatic hydroxyl groups is 1. The molecule has 6 nitrogen and oxygen atoms in total. The van der Waals surface area contributed by atoms with Crippen LogP contribution < -0.4 is 9.64 Å². The van der Waals surface area contributed by atoms with Gasteiger partial charge in [0.15, 0.2) is 11.3 Å². The molecule has 0 bridgehead atoms. The SMILES string of the molecule is COc1cccc2cc(-c3cnc(N4CC[C@@H](O)C4)nc3C)oc12. The Labute approximate surface area is 139 Å². The normalized spacial score (nSPS) is 17.6. The standard InChI is InChI=1S/C18H19N3O3/c1-11-14(9-19-18(20-11)21-7-6-13(22)10-21)16-8-12-4-3-5-15(23-2)17(12)24-16/h3-5,8-9,13,22H,6-7,10H2,1-2H3/t13-/m1/s1. The number of benzene rings is 1. The van der Waals surface area contributed by atoms with Crippen molar-refractivity contribution >= 4 is 16.9 Å². The Kier molecular flexibility index (Phi) is 3.61. The molecular weight excluding hydrogens is 306 g/mol. The number of fused-ring (bicyclic) bond motifs is 1. The number of ether oxygens (including phenoxy) is 1. The van der Waals surface area contributed by atoms with Crippen LogP contribution in [0.4, 0.5) is 5.95 Å². The van der Waals surface area contributed by atoms with Crippen molar-refractivity contribution < 1.29 is 14.3 Å². The number of anilines is 1. The number of furan rings is 1. The molecule has 6 heteroatoms. The molecule has 0 unspecified atom stereocenters. The minimum Gasteiger partial charge on any atom is -0.493 e. The van der Waals surface area contributed by atoms with Crippen LogP contribution in [0.3, 0.4) is 0 Å². The summed E-state index contributed by atoms with van der Waals surface area (Å²) < 4.78 is 11.3. The van der Waals surface area contributed by atoms with E-state index in [1.54, 1.807) is 13.3 Å². The van der Waals surface area contributed by atoms with Gasteiger partial charge < -0.3 is 19.2 Å². The number of rotatable bonds is 3. The third-order valence-electron chi connectivity index (χ3n) is 4.41.